The van der Waals surface area contributed by atoms with Gasteiger partial charge in [0.2, 0.25) is 0 Å². The van der Waals surface area contributed by atoms with Gasteiger partial charge in [0.15, 0.2) is 6.54 Å². The van der Waals surface area contributed by atoms with Gasteiger partial charge in [-0.05, 0) is 25.0 Å². The molecule has 0 saturated carbocycles. The van der Waals surface area contributed by atoms with Gasteiger partial charge in [-0.2, -0.15) is 0 Å². The number of piperazine rings is 1. The molecule has 0 bridgehead atoms. The van der Waals surface area contributed by atoms with Gasteiger partial charge in [0.05, 0.1) is 0 Å². The number of quaternary nitrogens is 2. The lowest BCUT2D eigenvalue weighted by molar-refractivity contribution is -1.02. The van der Waals surface area contributed by atoms with Crippen molar-refractivity contribution in [2.24, 2.45) is 0 Å². The Labute approximate surface area is 156 Å². The average Bonchev–Trinajstić information content (AvgIpc) is 3.00. The number of hydrogen-bond donors (Lipinski definition) is 2. The van der Waals surface area contributed by atoms with Gasteiger partial charge in [0, 0.05) is 17.3 Å². The van der Waals surface area contributed by atoms with Crippen LogP contribution in [0.25, 0.3) is 0 Å². The number of amides is 1. The van der Waals surface area contributed by atoms with Crippen molar-refractivity contribution < 1.29 is 14.6 Å². The summed E-state index contributed by atoms with van der Waals surface area (Å²) in [5.41, 5.74) is 3.84. The fraction of sp³-hybridized carbons (Fsp3) is 0.409. The SMILES string of the molecule is C[C@@H]1Cc2ccccc2N1C(=O)C[NH+]1CC[NH+](Cc2ccccc2)CC1. The van der Waals surface area contributed by atoms with Crippen LogP contribution in [-0.2, 0) is 17.8 Å². The zero-order valence-corrected chi connectivity index (χ0v) is 15.6. The topological polar surface area (TPSA) is 29.2 Å². The molecule has 2 heterocycles. The number of carbonyl (C=O) groups excluding carboxylic acids is 1. The van der Waals surface area contributed by atoms with Crippen molar-refractivity contribution >= 4 is 11.6 Å². The molecule has 0 spiro atoms. The largest absolute Gasteiger partial charge is 0.322 e. The molecule has 4 nitrogen and oxygen atoms in total. The fourth-order valence-electron chi connectivity index (χ4n) is 4.44. The first-order valence-electron chi connectivity index (χ1n) is 9.82. The Bertz CT molecular complexity index is 753. The molecule has 1 amide bonds. The van der Waals surface area contributed by atoms with Gasteiger partial charge < -0.3 is 14.7 Å². The predicted octanol–water partition coefficient (Wildman–Crippen LogP) is -0.0522. The Hall–Kier alpha value is -2.17. The van der Waals surface area contributed by atoms with E-state index in [4.69, 9.17) is 0 Å². The summed E-state index contributed by atoms with van der Waals surface area (Å²) in [6.07, 6.45) is 0.978. The van der Waals surface area contributed by atoms with Crippen molar-refractivity contribution in [1.29, 1.82) is 0 Å². The highest BCUT2D eigenvalue weighted by Gasteiger charge is 2.33. The van der Waals surface area contributed by atoms with Gasteiger partial charge in [-0.15, -0.1) is 0 Å². The van der Waals surface area contributed by atoms with E-state index >= 15 is 0 Å². The van der Waals surface area contributed by atoms with Crippen LogP contribution >= 0.6 is 0 Å². The number of fused-ring (bicyclic) bond motifs is 1. The van der Waals surface area contributed by atoms with Gasteiger partial charge in [0.1, 0.15) is 32.7 Å². The van der Waals surface area contributed by atoms with Crippen molar-refractivity contribution in [2.45, 2.75) is 25.9 Å². The van der Waals surface area contributed by atoms with Gasteiger partial charge in [0.25, 0.3) is 5.91 Å². The summed E-state index contributed by atoms with van der Waals surface area (Å²) < 4.78 is 0. The van der Waals surface area contributed by atoms with Crippen molar-refractivity contribution in [1.82, 2.24) is 0 Å². The predicted molar refractivity (Wildman–Crippen MR) is 104 cm³/mol. The molecule has 0 radical (unpaired) electrons. The van der Waals surface area contributed by atoms with Gasteiger partial charge in [-0.1, -0.05) is 48.5 Å². The number of nitrogens with zero attached hydrogens (tertiary/aromatic N) is 1. The van der Waals surface area contributed by atoms with Crippen LogP contribution in [0.5, 0.6) is 0 Å². The van der Waals surface area contributed by atoms with Crippen molar-refractivity contribution in [3.05, 3.63) is 65.7 Å². The normalized spacial score (nSPS) is 25.1. The molecular formula is C22H29N3O+2. The molecule has 1 saturated heterocycles. The van der Waals surface area contributed by atoms with Crippen LogP contribution in [0, 0.1) is 0 Å². The molecule has 0 aromatic heterocycles. The number of rotatable bonds is 4. The van der Waals surface area contributed by atoms with E-state index in [1.807, 2.05) is 11.0 Å². The molecule has 2 aromatic carbocycles. The highest BCUT2D eigenvalue weighted by atomic mass is 16.2. The second-order valence-corrected chi connectivity index (χ2v) is 7.78. The van der Waals surface area contributed by atoms with E-state index in [1.54, 1.807) is 4.90 Å². The molecule has 0 aliphatic carbocycles. The quantitative estimate of drug-likeness (QED) is 0.795. The maximum absolute atomic E-state index is 13.0. The first kappa shape index (κ1) is 17.3. The summed E-state index contributed by atoms with van der Waals surface area (Å²) in [5, 5.41) is 0. The summed E-state index contributed by atoms with van der Waals surface area (Å²) in [6.45, 7) is 8.33. The standard InChI is InChI=1S/C22H27N3O/c1-18-15-20-9-5-6-10-21(20)25(18)22(26)17-24-13-11-23(12-14-24)16-19-7-3-2-4-8-19/h2-10,18H,11-17H2,1H3/p+2/t18-/m1/s1. The summed E-state index contributed by atoms with van der Waals surface area (Å²) in [7, 11) is 0. The molecule has 2 aliphatic heterocycles. The van der Waals surface area contributed by atoms with Gasteiger partial charge in [-0.3, -0.25) is 4.79 Å². The average molecular weight is 351 g/mol. The second kappa shape index (κ2) is 7.60. The third-order valence-electron chi connectivity index (χ3n) is 5.84. The molecule has 0 unspecified atom stereocenters. The van der Waals surface area contributed by atoms with Crippen LogP contribution in [0.4, 0.5) is 5.69 Å². The molecule has 1 fully saturated rings. The van der Waals surface area contributed by atoms with E-state index in [0.29, 0.717) is 6.54 Å². The number of hydrogen-bond acceptors (Lipinski definition) is 1. The molecule has 136 valence electrons. The number of anilines is 1. The summed E-state index contributed by atoms with van der Waals surface area (Å²) in [6, 6.07) is 19.4. The lowest BCUT2D eigenvalue weighted by Gasteiger charge is -2.31. The lowest BCUT2D eigenvalue weighted by atomic mass is 10.1. The molecule has 26 heavy (non-hydrogen) atoms. The highest BCUT2D eigenvalue weighted by molar-refractivity contribution is 5.96. The number of nitrogens with one attached hydrogen (secondary N) is 2. The van der Waals surface area contributed by atoms with Crippen LogP contribution in [-0.4, -0.2) is 44.7 Å². The van der Waals surface area contributed by atoms with Crippen molar-refractivity contribution in [3.63, 3.8) is 0 Å². The summed E-state index contributed by atoms with van der Waals surface area (Å²) in [5.74, 6) is 0.281. The molecule has 2 N–H and O–H groups in total. The summed E-state index contributed by atoms with van der Waals surface area (Å²) in [4.78, 5) is 18.1. The van der Waals surface area contributed by atoms with Crippen LogP contribution in [0.1, 0.15) is 18.1 Å². The van der Waals surface area contributed by atoms with E-state index in [2.05, 4.69) is 55.5 Å². The van der Waals surface area contributed by atoms with Crippen LogP contribution in [0.2, 0.25) is 0 Å². The Morgan fingerprint density at radius 3 is 2.38 bits per heavy atom. The zero-order chi connectivity index (χ0) is 17.9. The van der Waals surface area contributed by atoms with Gasteiger partial charge >= 0.3 is 0 Å². The Morgan fingerprint density at radius 1 is 0.962 bits per heavy atom. The first-order chi connectivity index (χ1) is 12.7. The Morgan fingerprint density at radius 2 is 1.62 bits per heavy atom. The van der Waals surface area contributed by atoms with Crippen molar-refractivity contribution in [3.8, 4) is 0 Å². The molecule has 4 rings (SSSR count). The van der Waals surface area contributed by atoms with Crippen LogP contribution in [0.3, 0.4) is 0 Å². The molecular weight excluding hydrogens is 322 g/mol. The van der Waals surface area contributed by atoms with E-state index in [9.17, 15) is 4.79 Å². The first-order valence-corrected chi connectivity index (χ1v) is 9.82. The third-order valence-corrected chi connectivity index (χ3v) is 5.84. The zero-order valence-electron chi connectivity index (χ0n) is 15.6. The monoisotopic (exact) mass is 351 g/mol. The Kier molecular flexibility index (Phi) is 5.05. The number of carbonyl (C=O) groups is 1. The van der Waals surface area contributed by atoms with Crippen LogP contribution in [0.15, 0.2) is 54.6 Å². The molecule has 2 aromatic rings. The van der Waals surface area contributed by atoms with E-state index in [1.165, 1.54) is 16.0 Å². The minimum atomic E-state index is 0.281. The second-order valence-electron chi connectivity index (χ2n) is 7.78. The molecule has 1 atom stereocenters. The summed E-state index contributed by atoms with van der Waals surface area (Å²) >= 11 is 0. The highest BCUT2D eigenvalue weighted by Crippen LogP contribution is 2.31. The van der Waals surface area contributed by atoms with Crippen molar-refractivity contribution in [2.75, 3.05) is 37.6 Å². The van der Waals surface area contributed by atoms with Crippen LogP contribution < -0.4 is 14.7 Å². The smallest absolute Gasteiger partial charge is 0.282 e. The minimum Gasteiger partial charge on any atom is -0.322 e. The third kappa shape index (κ3) is 3.67. The minimum absolute atomic E-state index is 0.281. The molecule has 4 heteroatoms. The van der Waals surface area contributed by atoms with Gasteiger partial charge in [-0.25, -0.2) is 0 Å². The Balaban J connectivity index is 1.31. The maximum atomic E-state index is 13.0. The van der Waals surface area contributed by atoms with E-state index in [-0.39, 0.29) is 11.9 Å². The van der Waals surface area contributed by atoms with E-state index < -0.39 is 0 Å². The maximum Gasteiger partial charge on any atom is 0.282 e. The number of para-hydroxylation sites is 1. The van der Waals surface area contributed by atoms with E-state index in [0.717, 1.165) is 44.8 Å². The number of benzene rings is 2. The molecule has 2 aliphatic rings. The fourth-order valence-corrected chi connectivity index (χ4v) is 4.44. The lowest BCUT2D eigenvalue weighted by Crippen LogP contribution is -3.28.